The second kappa shape index (κ2) is 9.17. The zero-order chi connectivity index (χ0) is 19.1. The number of cyclic esters (lactones) is 1. The zero-order valence-electron chi connectivity index (χ0n) is 15.2. The van der Waals surface area contributed by atoms with Gasteiger partial charge in [0.2, 0.25) is 5.75 Å². The maximum Gasteiger partial charge on any atom is 0.328 e. The van der Waals surface area contributed by atoms with Gasteiger partial charge >= 0.3 is 11.9 Å². The monoisotopic (exact) mass is 364 g/mol. The molecule has 0 aliphatic carbocycles. The largest absolute Gasteiger partial charge is 0.493 e. The fourth-order valence-corrected chi connectivity index (χ4v) is 2.77. The number of methoxy groups -OCH3 is 1. The average molecular weight is 364 g/mol. The molecule has 142 valence electrons. The minimum atomic E-state index is -0.777. The number of pyridine rings is 1. The summed E-state index contributed by atoms with van der Waals surface area (Å²) >= 11 is 0. The van der Waals surface area contributed by atoms with E-state index in [9.17, 15) is 14.4 Å². The Hall–Kier alpha value is -2.64. The third-order valence-electron chi connectivity index (χ3n) is 4.06. The lowest BCUT2D eigenvalue weighted by molar-refractivity contribution is -0.150. The molecule has 1 aromatic rings. The number of esters is 2. The molecule has 8 nitrogen and oxygen atoms in total. The molecule has 1 aliphatic rings. The van der Waals surface area contributed by atoms with Gasteiger partial charge in [-0.05, 0) is 26.2 Å². The van der Waals surface area contributed by atoms with Gasteiger partial charge in [-0.1, -0.05) is 12.8 Å². The first-order valence-electron chi connectivity index (χ1n) is 8.65. The molecule has 2 atom stereocenters. The number of nitrogens with one attached hydrogen (secondary N) is 1. The second-order valence-electron chi connectivity index (χ2n) is 6.20. The molecular formula is C18H24N2O6. The third kappa shape index (κ3) is 5.18. The molecule has 1 N–H and O–H groups in total. The first-order chi connectivity index (χ1) is 12.4. The summed E-state index contributed by atoms with van der Waals surface area (Å²) in [5.41, 5.74) is -0.125. The average Bonchev–Trinajstić information content (AvgIpc) is 2.66. The van der Waals surface area contributed by atoms with Crippen molar-refractivity contribution in [3.05, 3.63) is 18.0 Å². The van der Waals surface area contributed by atoms with E-state index in [1.54, 1.807) is 0 Å². The number of hydrogen-bond acceptors (Lipinski definition) is 7. The van der Waals surface area contributed by atoms with Crippen molar-refractivity contribution in [1.29, 1.82) is 0 Å². The summed E-state index contributed by atoms with van der Waals surface area (Å²) in [6.07, 6.45) is 5.20. The molecule has 1 saturated heterocycles. The van der Waals surface area contributed by atoms with Crippen molar-refractivity contribution in [2.24, 2.45) is 0 Å². The highest BCUT2D eigenvalue weighted by atomic mass is 16.6. The van der Waals surface area contributed by atoms with E-state index in [0.717, 1.165) is 25.7 Å². The van der Waals surface area contributed by atoms with Gasteiger partial charge in [0.05, 0.1) is 13.2 Å². The van der Waals surface area contributed by atoms with Crippen LogP contribution in [-0.2, 0) is 14.3 Å². The summed E-state index contributed by atoms with van der Waals surface area (Å²) in [5.74, 6) is -1.59. The number of ether oxygens (including phenoxy) is 3. The van der Waals surface area contributed by atoms with E-state index in [1.807, 2.05) is 6.92 Å². The van der Waals surface area contributed by atoms with Gasteiger partial charge in [0.1, 0.15) is 6.04 Å². The molecule has 0 saturated carbocycles. The van der Waals surface area contributed by atoms with E-state index in [-0.39, 0.29) is 23.3 Å². The van der Waals surface area contributed by atoms with Crippen LogP contribution < -0.4 is 14.8 Å². The Labute approximate surface area is 152 Å². The molecule has 0 spiro atoms. The molecule has 1 amide bonds. The summed E-state index contributed by atoms with van der Waals surface area (Å²) in [5, 5.41) is 2.64. The Morgan fingerprint density at radius 1 is 1.27 bits per heavy atom. The molecule has 1 aromatic heterocycles. The second-order valence-corrected chi connectivity index (χ2v) is 6.20. The minimum Gasteiger partial charge on any atom is -0.493 e. The molecule has 0 radical (unpaired) electrons. The molecule has 1 fully saturated rings. The smallest absolute Gasteiger partial charge is 0.328 e. The topological polar surface area (TPSA) is 104 Å². The summed E-state index contributed by atoms with van der Waals surface area (Å²) in [6, 6.07) is 0.701. The standard InChI is InChI=1S/C18H24N2O6/c1-11-7-5-4-6-8-13(18(23)25-11)20-17(22)15-16(26-12(2)21)14(24-3)9-10-19-15/h9-11,13H,4-8H2,1-3H3,(H,20,22)/t11?,13-/m0/s1. The van der Waals surface area contributed by atoms with Crippen molar-refractivity contribution in [1.82, 2.24) is 10.3 Å². The molecular weight excluding hydrogens is 340 g/mol. The molecule has 0 bridgehead atoms. The summed E-state index contributed by atoms with van der Waals surface area (Å²) in [7, 11) is 1.39. The van der Waals surface area contributed by atoms with Crippen LogP contribution in [0.3, 0.4) is 0 Å². The molecule has 0 aromatic carbocycles. The SMILES string of the molecule is COc1ccnc(C(=O)N[C@H]2CCCCCC(C)OC2=O)c1OC(C)=O. The zero-order valence-corrected chi connectivity index (χ0v) is 15.2. The van der Waals surface area contributed by atoms with Crippen molar-refractivity contribution in [2.75, 3.05) is 7.11 Å². The quantitative estimate of drug-likeness (QED) is 0.815. The van der Waals surface area contributed by atoms with Crippen LogP contribution in [0.4, 0.5) is 0 Å². The van der Waals surface area contributed by atoms with Gasteiger partial charge in [0.25, 0.3) is 5.91 Å². The number of aromatic nitrogens is 1. The molecule has 1 aliphatic heterocycles. The normalized spacial score (nSPS) is 20.8. The van der Waals surface area contributed by atoms with Gasteiger partial charge in [0, 0.05) is 19.2 Å². The number of nitrogens with zero attached hydrogens (tertiary/aromatic N) is 1. The van der Waals surface area contributed by atoms with E-state index >= 15 is 0 Å². The van der Waals surface area contributed by atoms with Crippen molar-refractivity contribution in [3.63, 3.8) is 0 Å². The maximum absolute atomic E-state index is 12.7. The molecule has 26 heavy (non-hydrogen) atoms. The predicted octanol–water partition coefficient (Wildman–Crippen LogP) is 2.01. The summed E-state index contributed by atoms with van der Waals surface area (Å²) < 4.78 is 15.6. The van der Waals surface area contributed by atoms with Crippen LogP contribution in [-0.4, -0.2) is 42.1 Å². The van der Waals surface area contributed by atoms with E-state index in [4.69, 9.17) is 14.2 Å². The van der Waals surface area contributed by atoms with Crippen molar-refractivity contribution < 1.29 is 28.6 Å². The fraction of sp³-hybridized carbons (Fsp3) is 0.556. The summed E-state index contributed by atoms with van der Waals surface area (Å²) in [4.78, 5) is 40.3. The summed E-state index contributed by atoms with van der Waals surface area (Å²) in [6.45, 7) is 3.05. The van der Waals surface area contributed by atoms with Crippen molar-refractivity contribution >= 4 is 17.8 Å². The Kier molecular flexibility index (Phi) is 6.94. The van der Waals surface area contributed by atoms with Gasteiger partial charge in [-0.3, -0.25) is 9.59 Å². The van der Waals surface area contributed by atoms with Gasteiger partial charge in [0.15, 0.2) is 11.4 Å². The Morgan fingerprint density at radius 2 is 2.00 bits per heavy atom. The highest BCUT2D eigenvalue weighted by molar-refractivity contribution is 5.98. The van der Waals surface area contributed by atoms with Crippen LogP contribution in [0.2, 0.25) is 0 Å². The highest BCUT2D eigenvalue weighted by Gasteiger charge is 2.28. The Morgan fingerprint density at radius 3 is 2.69 bits per heavy atom. The number of hydrogen-bond donors (Lipinski definition) is 1. The van der Waals surface area contributed by atoms with E-state index in [2.05, 4.69) is 10.3 Å². The van der Waals surface area contributed by atoms with Crippen LogP contribution in [0.15, 0.2) is 12.3 Å². The van der Waals surface area contributed by atoms with Gasteiger partial charge < -0.3 is 19.5 Å². The third-order valence-corrected chi connectivity index (χ3v) is 4.06. The van der Waals surface area contributed by atoms with Crippen LogP contribution in [0.25, 0.3) is 0 Å². The molecule has 1 unspecified atom stereocenters. The van der Waals surface area contributed by atoms with Crippen molar-refractivity contribution in [3.8, 4) is 11.5 Å². The number of carbonyl (C=O) groups excluding carboxylic acids is 3. The van der Waals surface area contributed by atoms with Gasteiger partial charge in [-0.25, -0.2) is 9.78 Å². The predicted molar refractivity (Wildman–Crippen MR) is 92.0 cm³/mol. The van der Waals surface area contributed by atoms with Crippen molar-refractivity contribution in [2.45, 2.75) is 58.1 Å². The van der Waals surface area contributed by atoms with Crippen LogP contribution in [0.5, 0.6) is 11.5 Å². The first kappa shape index (κ1) is 19.7. The van der Waals surface area contributed by atoms with E-state index in [0.29, 0.717) is 6.42 Å². The number of rotatable bonds is 4. The molecule has 2 rings (SSSR count). The molecule has 2 heterocycles. The van der Waals surface area contributed by atoms with E-state index in [1.165, 1.54) is 26.3 Å². The fourth-order valence-electron chi connectivity index (χ4n) is 2.77. The molecule has 8 heteroatoms. The lowest BCUT2D eigenvalue weighted by Crippen LogP contribution is -2.43. The number of carbonyl (C=O) groups is 3. The van der Waals surface area contributed by atoms with Gasteiger partial charge in [-0.2, -0.15) is 0 Å². The lowest BCUT2D eigenvalue weighted by Gasteiger charge is -2.19. The highest BCUT2D eigenvalue weighted by Crippen LogP contribution is 2.29. The maximum atomic E-state index is 12.7. The minimum absolute atomic E-state index is 0.0789. The number of amides is 1. The van der Waals surface area contributed by atoms with E-state index < -0.39 is 23.9 Å². The Bertz CT molecular complexity index is 676. The first-order valence-corrected chi connectivity index (χ1v) is 8.65. The van der Waals surface area contributed by atoms with Gasteiger partial charge in [-0.15, -0.1) is 0 Å². The van der Waals surface area contributed by atoms with Crippen LogP contribution in [0, 0.1) is 0 Å². The van der Waals surface area contributed by atoms with Crippen LogP contribution in [0.1, 0.15) is 56.4 Å². The lowest BCUT2D eigenvalue weighted by atomic mass is 10.1. The van der Waals surface area contributed by atoms with Crippen LogP contribution >= 0.6 is 0 Å². The Balaban J connectivity index is 2.22.